The first-order chi connectivity index (χ1) is 7.83. The Kier molecular flexibility index (Phi) is 2.61. The average Bonchev–Trinajstić information content (AvgIpc) is 2.72. The van der Waals surface area contributed by atoms with Gasteiger partial charge in [0.2, 0.25) is 0 Å². The van der Waals surface area contributed by atoms with E-state index in [1.807, 2.05) is 23.7 Å². The first-order valence-corrected chi connectivity index (χ1v) is 6.58. The van der Waals surface area contributed by atoms with Crippen LogP contribution in [-0.4, -0.2) is 22.6 Å². The zero-order chi connectivity index (χ0) is 11.0. The molecule has 2 unspecified atom stereocenters. The van der Waals surface area contributed by atoms with Gasteiger partial charge in [-0.25, -0.2) is 4.98 Å². The first kappa shape index (κ1) is 10.2. The summed E-state index contributed by atoms with van der Waals surface area (Å²) in [5.74, 6) is 0.633. The topological polar surface area (TPSA) is 37.8 Å². The van der Waals surface area contributed by atoms with E-state index in [-0.39, 0.29) is 0 Å². The lowest BCUT2D eigenvalue weighted by molar-refractivity contribution is 0.381. The summed E-state index contributed by atoms with van der Waals surface area (Å²) in [6.07, 6.45) is 6.11. The number of fused-ring (bicyclic) bond motifs is 1. The van der Waals surface area contributed by atoms with Crippen LogP contribution >= 0.6 is 11.3 Å². The van der Waals surface area contributed by atoms with Crippen molar-refractivity contribution in [2.45, 2.75) is 31.7 Å². The summed E-state index contributed by atoms with van der Waals surface area (Å²) in [6.45, 7) is 3.36. The number of pyridine rings is 1. The van der Waals surface area contributed by atoms with E-state index < -0.39 is 0 Å². The normalized spacial score (nSPS) is 26.1. The molecule has 1 aliphatic heterocycles. The molecule has 84 valence electrons. The van der Waals surface area contributed by atoms with Gasteiger partial charge in [-0.2, -0.15) is 0 Å². The molecule has 3 heterocycles. The molecule has 2 aromatic heterocycles. The van der Waals surface area contributed by atoms with E-state index in [2.05, 4.69) is 23.3 Å². The summed E-state index contributed by atoms with van der Waals surface area (Å²) in [6, 6.07) is 2.67. The minimum atomic E-state index is 0.615. The second-order valence-corrected chi connectivity index (χ2v) is 5.53. The highest BCUT2D eigenvalue weighted by Crippen LogP contribution is 2.33. The maximum absolute atomic E-state index is 4.70. The molecule has 0 radical (unpaired) electrons. The zero-order valence-corrected chi connectivity index (χ0v) is 10.1. The second kappa shape index (κ2) is 4.11. The molecule has 1 aliphatic rings. The van der Waals surface area contributed by atoms with Crippen LogP contribution in [0.2, 0.25) is 0 Å². The molecule has 0 amide bonds. The molecule has 16 heavy (non-hydrogen) atoms. The minimum Gasteiger partial charge on any atom is -0.314 e. The van der Waals surface area contributed by atoms with E-state index in [0.717, 1.165) is 12.1 Å². The fraction of sp³-hybridized carbons (Fsp3) is 0.500. The number of aromatic nitrogens is 2. The molecule has 0 bridgehead atoms. The summed E-state index contributed by atoms with van der Waals surface area (Å²) >= 11 is 1.83. The van der Waals surface area contributed by atoms with Crippen molar-refractivity contribution in [2.75, 3.05) is 6.54 Å². The highest BCUT2D eigenvalue weighted by Gasteiger charge is 2.22. The molecule has 4 heteroatoms. The number of hydrogen-bond acceptors (Lipinski definition) is 4. The maximum atomic E-state index is 4.70. The third kappa shape index (κ3) is 1.83. The monoisotopic (exact) mass is 233 g/mol. The van der Waals surface area contributed by atoms with E-state index in [0.29, 0.717) is 12.0 Å². The summed E-state index contributed by atoms with van der Waals surface area (Å²) in [7, 11) is 0. The van der Waals surface area contributed by atoms with Crippen LogP contribution in [0.4, 0.5) is 0 Å². The van der Waals surface area contributed by atoms with Crippen molar-refractivity contribution >= 4 is 21.6 Å². The molecule has 2 atom stereocenters. The van der Waals surface area contributed by atoms with Crippen molar-refractivity contribution in [1.82, 2.24) is 15.3 Å². The second-order valence-electron chi connectivity index (χ2n) is 4.47. The average molecular weight is 233 g/mol. The first-order valence-electron chi connectivity index (χ1n) is 5.77. The summed E-state index contributed by atoms with van der Waals surface area (Å²) < 4.78 is 1.26. The Hall–Kier alpha value is -1.00. The number of piperidine rings is 1. The van der Waals surface area contributed by atoms with Crippen LogP contribution in [0.3, 0.4) is 0 Å². The standard InChI is InChI=1S/C12H15N3S/c1-8-6-9(2-5-14-8)12-15-10-7-13-4-3-11(10)16-12/h3-4,7-9,14H,2,5-6H2,1H3. The SMILES string of the molecule is CC1CC(c2nc3cnccc3s2)CCN1. The van der Waals surface area contributed by atoms with E-state index >= 15 is 0 Å². The lowest BCUT2D eigenvalue weighted by Gasteiger charge is -2.26. The van der Waals surface area contributed by atoms with Gasteiger partial charge in [0, 0.05) is 18.2 Å². The number of hydrogen-bond donors (Lipinski definition) is 1. The van der Waals surface area contributed by atoms with Gasteiger partial charge in [0.1, 0.15) is 0 Å². The molecular formula is C12H15N3S. The molecule has 1 fully saturated rings. The summed E-state index contributed by atoms with van der Waals surface area (Å²) in [5, 5.41) is 4.77. The molecule has 0 aromatic carbocycles. The molecule has 0 spiro atoms. The molecular weight excluding hydrogens is 218 g/mol. The minimum absolute atomic E-state index is 0.615. The van der Waals surface area contributed by atoms with Crippen molar-refractivity contribution in [2.24, 2.45) is 0 Å². The van der Waals surface area contributed by atoms with E-state index in [1.165, 1.54) is 22.5 Å². The Morgan fingerprint density at radius 1 is 1.50 bits per heavy atom. The predicted octanol–water partition coefficient (Wildman–Crippen LogP) is 2.55. The summed E-state index contributed by atoms with van der Waals surface area (Å²) in [5.41, 5.74) is 1.05. The van der Waals surface area contributed by atoms with Gasteiger partial charge in [0.05, 0.1) is 21.4 Å². The summed E-state index contributed by atoms with van der Waals surface area (Å²) in [4.78, 5) is 8.82. The van der Waals surface area contributed by atoms with Gasteiger partial charge in [-0.05, 0) is 32.4 Å². The van der Waals surface area contributed by atoms with Crippen molar-refractivity contribution < 1.29 is 0 Å². The van der Waals surface area contributed by atoms with Gasteiger partial charge in [-0.1, -0.05) is 0 Å². The number of nitrogens with zero attached hydrogens (tertiary/aromatic N) is 2. The van der Waals surface area contributed by atoms with Crippen LogP contribution in [0.5, 0.6) is 0 Å². The fourth-order valence-corrected chi connectivity index (χ4v) is 3.41. The molecule has 3 rings (SSSR count). The number of nitrogens with one attached hydrogen (secondary N) is 1. The Morgan fingerprint density at radius 2 is 2.44 bits per heavy atom. The number of thiazole rings is 1. The van der Waals surface area contributed by atoms with Crippen LogP contribution in [0.1, 0.15) is 30.7 Å². The predicted molar refractivity (Wildman–Crippen MR) is 66.9 cm³/mol. The molecule has 2 aromatic rings. The molecule has 0 aliphatic carbocycles. The van der Waals surface area contributed by atoms with Gasteiger partial charge in [-0.3, -0.25) is 4.98 Å². The Labute approximate surface area is 98.9 Å². The van der Waals surface area contributed by atoms with Crippen LogP contribution < -0.4 is 5.32 Å². The third-order valence-electron chi connectivity index (χ3n) is 3.18. The van der Waals surface area contributed by atoms with E-state index in [9.17, 15) is 0 Å². The van der Waals surface area contributed by atoms with Crippen LogP contribution in [0, 0.1) is 0 Å². The zero-order valence-electron chi connectivity index (χ0n) is 9.31. The van der Waals surface area contributed by atoms with Gasteiger partial charge in [0.25, 0.3) is 0 Å². The Morgan fingerprint density at radius 3 is 3.25 bits per heavy atom. The van der Waals surface area contributed by atoms with E-state index in [4.69, 9.17) is 4.98 Å². The molecule has 1 N–H and O–H groups in total. The van der Waals surface area contributed by atoms with Crippen molar-refractivity contribution in [3.63, 3.8) is 0 Å². The van der Waals surface area contributed by atoms with Gasteiger partial charge < -0.3 is 5.32 Å². The van der Waals surface area contributed by atoms with Crippen LogP contribution in [0.25, 0.3) is 10.2 Å². The lowest BCUT2D eigenvalue weighted by Crippen LogP contribution is -2.34. The van der Waals surface area contributed by atoms with Crippen molar-refractivity contribution in [1.29, 1.82) is 0 Å². The van der Waals surface area contributed by atoms with Crippen molar-refractivity contribution in [3.05, 3.63) is 23.5 Å². The van der Waals surface area contributed by atoms with E-state index in [1.54, 1.807) is 0 Å². The van der Waals surface area contributed by atoms with Crippen LogP contribution in [-0.2, 0) is 0 Å². The number of rotatable bonds is 1. The molecule has 1 saturated heterocycles. The lowest BCUT2D eigenvalue weighted by atomic mass is 9.94. The largest absolute Gasteiger partial charge is 0.314 e. The van der Waals surface area contributed by atoms with Gasteiger partial charge in [-0.15, -0.1) is 11.3 Å². The molecule has 0 saturated carbocycles. The Balaban J connectivity index is 1.93. The third-order valence-corrected chi connectivity index (χ3v) is 4.38. The Bertz CT molecular complexity index is 461. The fourth-order valence-electron chi connectivity index (χ4n) is 2.33. The van der Waals surface area contributed by atoms with Gasteiger partial charge in [0.15, 0.2) is 0 Å². The quantitative estimate of drug-likeness (QED) is 0.822. The van der Waals surface area contributed by atoms with Gasteiger partial charge >= 0.3 is 0 Å². The van der Waals surface area contributed by atoms with Crippen LogP contribution in [0.15, 0.2) is 18.5 Å². The highest BCUT2D eigenvalue weighted by molar-refractivity contribution is 7.18. The van der Waals surface area contributed by atoms with Crippen molar-refractivity contribution in [3.8, 4) is 0 Å². The smallest absolute Gasteiger partial charge is 0.0998 e. The molecule has 3 nitrogen and oxygen atoms in total. The highest BCUT2D eigenvalue weighted by atomic mass is 32.1. The maximum Gasteiger partial charge on any atom is 0.0998 e.